The Hall–Kier alpha value is -0.850. The van der Waals surface area contributed by atoms with Crippen molar-refractivity contribution in [3.8, 4) is 0 Å². The van der Waals surface area contributed by atoms with Gasteiger partial charge < -0.3 is 25.2 Å². The average Bonchev–Trinajstić information content (AvgIpc) is 2.78. The lowest BCUT2D eigenvalue weighted by molar-refractivity contribution is 0.0257. The van der Waals surface area contributed by atoms with Crippen molar-refractivity contribution in [2.45, 2.75) is 52.2 Å². The number of aliphatic hydroxyl groups is 1. The van der Waals surface area contributed by atoms with Gasteiger partial charge in [-0.3, -0.25) is 0 Å². The Morgan fingerprint density at radius 1 is 1.36 bits per heavy atom. The highest BCUT2D eigenvalue weighted by molar-refractivity contribution is 5.67. The second kappa shape index (κ2) is 8.13. The van der Waals surface area contributed by atoms with Gasteiger partial charge in [0.05, 0.1) is 6.61 Å². The van der Waals surface area contributed by atoms with Gasteiger partial charge in [-0.15, -0.1) is 0 Å². The minimum Gasteiger partial charge on any atom is -0.444 e. The van der Waals surface area contributed by atoms with Crippen molar-refractivity contribution < 1.29 is 19.4 Å². The van der Waals surface area contributed by atoms with Crippen LogP contribution < -0.4 is 10.6 Å². The predicted octanol–water partition coefficient (Wildman–Crippen LogP) is 1.52. The summed E-state index contributed by atoms with van der Waals surface area (Å²) in [5.74, 6) is 0.690. The molecule has 1 aliphatic heterocycles. The smallest absolute Gasteiger partial charge is 0.407 e. The zero-order valence-corrected chi connectivity index (χ0v) is 14.6. The highest BCUT2D eigenvalue weighted by Gasteiger charge is 2.32. The van der Waals surface area contributed by atoms with Gasteiger partial charge in [-0.05, 0) is 32.6 Å². The van der Waals surface area contributed by atoms with Gasteiger partial charge in [0, 0.05) is 32.7 Å². The van der Waals surface area contributed by atoms with E-state index in [0.717, 1.165) is 6.54 Å². The molecule has 1 aliphatic rings. The number of hydrogen-bond acceptors (Lipinski definition) is 5. The van der Waals surface area contributed by atoms with Crippen LogP contribution in [0.5, 0.6) is 0 Å². The van der Waals surface area contributed by atoms with Crippen LogP contribution in [0.3, 0.4) is 0 Å². The fourth-order valence-electron chi connectivity index (χ4n) is 2.30. The molecule has 22 heavy (non-hydrogen) atoms. The summed E-state index contributed by atoms with van der Waals surface area (Å²) < 4.78 is 10.5. The van der Waals surface area contributed by atoms with E-state index in [1.165, 1.54) is 0 Å². The van der Waals surface area contributed by atoms with Crippen LogP contribution in [-0.2, 0) is 9.47 Å². The van der Waals surface area contributed by atoms with Crippen LogP contribution in [0, 0.1) is 11.8 Å². The fraction of sp³-hybridized carbons (Fsp3) is 0.938. The normalized spacial score (nSPS) is 23.6. The third kappa shape index (κ3) is 7.42. The minimum absolute atomic E-state index is 0.276. The van der Waals surface area contributed by atoms with Crippen molar-refractivity contribution in [2.24, 2.45) is 11.8 Å². The molecule has 3 N–H and O–H groups in total. The summed E-state index contributed by atoms with van der Waals surface area (Å²) in [6.45, 7) is 12.6. The quantitative estimate of drug-likeness (QED) is 0.664. The number of carbonyl (C=O) groups is 1. The van der Waals surface area contributed by atoms with E-state index in [2.05, 4.69) is 24.5 Å². The Balaban J connectivity index is 2.31. The number of ether oxygens (including phenoxy) is 2. The van der Waals surface area contributed by atoms with E-state index in [1.807, 2.05) is 20.8 Å². The molecule has 0 aromatic heterocycles. The third-order valence-corrected chi connectivity index (χ3v) is 3.79. The molecule has 0 radical (unpaired) electrons. The van der Waals surface area contributed by atoms with Gasteiger partial charge in [-0.1, -0.05) is 13.8 Å². The number of hydrogen-bond donors (Lipinski definition) is 3. The molecular weight excluding hydrogens is 284 g/mol. The Labute approximate surface area is 133 Å². The summed E-state index contributed by atoms with van der Waals surface area (Å²) in [5.41, 5.74) is -1.23. The first-order valence-electron chi connectivity index (χ1n) is 8.09. The molecule has 1 heterocycles. The van der Waals surface area contributed by atoms with E-state index in [0.29, 0.717) is 38.6 Å². The molecule has 0 aromatic carbocycles. The molecule has 2 atom stereocenters. The van der Waals surface area contributed by atoms with E-state index in [9.17, 15) is 9.90 Å². The zero-order valence-electron chi connectivity index (χ0n) is 14.6. The lowest BCUT2D eigenvalue weighted by Crippen LogP contribution is -2.45. The summed E-state index contributed by atoms with van der Waals surface area (Å²) in [6.07, 6.45) is 0.281. The van der Waals surface area contributed by atoms with E-state index in [4.69, 9.17) is 9.47 Å². The number of nitrogens with one attached hydrogen (secondary N) is 2. The summed E-state index contributed by atoms with van der Waals surface area (Å²) >= 11 is 0. The molecule has 0 saturated carbocycles. The van der Waals surface area contributed by atoms with Gasteiger partial charge in [0.2, 0.25) is 0 Å². The summed E-state index contributed by atoms with van der Waals surface area (Å²) in [4.78, 5) is 11.7. The SMILES string of the molecule is CC(C)C(CNCC1(O)CCOC1)CNC(=O)OC(C)(C)C. The van der Waals surface area contributed by atoms with Crippen LogP contribution in [0.2, 0.25) is 0 Å². The van der Waals surface area contributed by atoms with Gasteiger partial charge in [-0.25, -0.2) is 4.79 Å². The van der Waals surface area contributed by atoms with Gasteiger partial charge >= 0.3 is 6.09 Å². The molecule has 0 spiro atoms. The Bertz CT molecular complexity index is 347. The molecule has 0 aliphatic carbocycles. The van der Waals surface area contributed by atoms with E-state index in [1.54, 1.807) is 0 Å². The van der Waals surface area contributed by atoms with Crippen molar-refractivity contribution in [3.63, 3.8) is 0 Å². The molecule has 1 amide bonds. The van der Waals surface area contributed by atoms with Crippen molar-refractivity contribution in [3.05, 3.63) is 0 Å². The zero-order chi connectivity index (χ0) is 16.8. The highest BCUT2D eigenvalue weighted by Crippen LogP contribution is 2.17. The van der Waals surface area contributed by atoms with E-state index >= 15 is 0 Å². The van der Waals surface area contributed by atoms with E-state index in [-0.39, 0.29) is 12.0 Å². The topological polar surface area (TPSA) is 79.8 Å². The molecule has 6 nitrogen and oxygen atoms in total. The number of alkyl carbamates (subject to hydrolysis) is 1. The minimum atomic E-state index is -0.750. The molecule has 2 unspecified atom stereocenters. The van der Waals surface area contributed by atoms with Gasteiger partial charge in [-0.2, -0.15) is 0 Å². The Kier molecular flexibility index (Phi) is 7.09. The van der Waals surface area contributed by atoms with Crippen molar-refractivity contribution in [2.75, 3.05) is 32.8 Å². The monoisotopic (exact) mass is 316 g/mol. The van der Waals surface area contributed by atoms with Crippen LogP contribution in [-0.4, -0.2) is 55.2 Å². The van der Waals surface area contributed by atoms with Crippen LogP contribution in [0.1, 0.15) is 41.0 Å². The van der Waals surface area contributed by atoms with Crippen LogP contribution >= 0.6 is 0 Å². The van der Waals surface area contributed by atoms with Gasteiger partial charge in [0.1, 0.15) is 11.2 Å². The number of amides is 1. The maximum absolute atomic E-state index is 11.7. The van der Waals surface area contributed by atoms with Crippen molar-refractivity contribution in [1.82, 2.24) is 10.6 Å². The molecule has 0 bridgehead atoms. The Morgan fingerprint density at radius 3 is 2.55 bits per heavy atom. The van der Waals surface area contributed by atoms with Gasteiger partial charge in [0.15, 0.2) is 0 Å². The highest BCUT2D eigenvalue weighted by atomic mass is 16.6. The van der Waals surface area contributed by atoms with Crippen molar-refractivity contribution in [1.29, 1.82) is 0 Å². The lowest BCUT2D eigenvalue weighted by Gasteiger charge is -2.26. The first-order chi connectivity index (χ1) is 10.1. The second-order valence-electron chi connectivity index (χ2n) is 7.54. The summed E-state index contributed by atoms with van der Waals surface area (Å²) in [5, 5.41) is 16.3. The molecule has 6 heteroatoms. The third-order valence-electron chi connectivity index (χ3n) is 3.79. The molecular formula is C16H32N2O4. The maximum atomic E-state index is 11.7. The standard InChI is InChI=1S/C16H32N2O4/c1-12(2)13(9-18-14(19)22-15(3,4)5)8-17-10-16(20)6-7-21-11-16/h12-13,17,20H,6-11H2,1-5H3,(H,18,19). The summed E-state index contributed by atoms with van der Waals surface area (Å²) in [6, 6.07) is 0. The maximum Gasteiger partial charge on any atom is 0.407 e. The Morgan fingerprint density at radius 2 is 2.05 bits per heavy atom. The lowest BCUT2D eigenvalue weighted by atomic mass is 9.95. The van der Waals surface area contributed by atoms with Crippen molar-refractivity contribution >= 4 is 6.09 Å². The summed E-state index contributed by atoms with van der Waals surface area (Å²) in [7, 11) is 0. The van der Waals surface area contributed by atoms with Crippen LogP contribution in [0.15, 0.2) is 0 Å². The predicted molar refractivity (Wildman–Crippen MR) is 85.8 cm³/mol. The second-order valence-corrected chi connectivity index (χ2v) is 7.54. The van der Waals surface area contributed by atoms with Crippen LogP contribution in [0.4, 0.5) is 4.79 Å². The molecule has 0 aromatic rings. The largest absolute Gasteiger partial charge is 0.444 e. The van der Waals surface area contributed by atoms with E-state index < -0.39 is 11.2 Å². The number of carbonyl (C=O) groups excluding carboxylic acids is 1. The molecule has 1 saturated heterocycles. The number of rotatable bonds is 7. The molecule has 1 rings (SSSR count). The molecule has 130 valence electrons. The fourth-order valence-corrected chi connectivity index (χ4v) is 2.30. The molecule has 1 fully saturated rings. The average molecular weight is 316 g/mol. The first-order valence-corrected chi connectivity index (χ1v) is 8.09. The van der Waals surface area contributed by atoms with Crippen LogP contribution in [0.25, 0.3) is 0 Å². The first kappa shape index (κ1) is 19.2. The van der Waals surface area contributed by atoms with Gasteiger partial charge in [0.25, 0.3) is 0 Å².